The van der Waals surface area contributed by atoms with Crippen molar-refractivity contribution in [2.45, 2.75) is 13.0 Å². The molecule has 0 amide bonds. The summed E-state index contributed by atoms with van der Waals surface area (Å²) in [5.74, 6) is 0.116. The molecular formula is C13H17ClN2O2S. The van der Waals surface area contributed by atoms with Crippen LogP contribution in [0.15, 0.2) is 24.4 Å². The number of hydrogen-bond donors (Lipinski definition) is 1. The second kappa shape index (κ2) is 5.53. The highest BCUT2D eigenvalue weighted by Gasteiger charge is 2.10. The Bertz CT molecular complexity index is 692. The zero-order valence-electron chi connectivity index (χ0n) is 10.8. The first-order valence-corrected chi connectivity index (χ1v) is 8.49. The van der Waals surface area contributed by atoms with Crippen LogP contribution in [0.3, 0.4) is 0 Å². The van der Waals surface area contributed by atoms with E-state index in [9.17, 15) is 8.42 Å². The maximum atomic E-state index is 11.3. The summed E-state index contributed by atoms with van der Waals surface area (Å²) < 4.78 is 24.5. The number of aromatic nitrogens is 1. The van der Waals surface area contributed by atoms with Gasteiger partial charge in [-0.25, -0.2) is 8.42 Å². The third kappa shape index (κ3) is 3.49. The van der Waals surface area contributed by atoms with Gasteiger partial charge >= 0.3 is 0 Å². The normalized spacial score (nSPS) is 12.2. The van der Waals surface area contributed by atoms with E-state index in [2.05, 4.69) is 0 Å². The first-order chi connectivity index (χ1) is 8.90. The number of nitrogens with two attached hydrogens (primary N) is 1. The second-order valence-electron chi connectivity index (χ2n) is 4.68. The molecule has 0 saturated heterocycles. The molecule has 4 nitrogen and oxygen atoms in total. The van der Waals surface area contributed by atoms with Crippen LogP contribution in [-0.2, 0) is 22.8 Å². The molecule has 0 saturated carbocycles. The van der Waals surface area contributed by atoms with Gasteiger partial charge in [-0.3, -0.25) is 0 Å². The summed E-state index contributed by atoms with van der Waals surface area (Å²) in [6, 6.07) is 5.66. The Balaban J connectivity index is 2.44. The molecule has 0 atom stereocenters. The number of aryl methyl sites for hydroxylation is 1. The maximum Gasteiger partial charge on any atom is 0.149 e. The molecular weight excluding hydrogens is 284 g/mol. The first-order valence-electron chi connectivity index (χ1n) is 6.06. The number of nitrogens with zero attached hydrogens (tertiary/aromatic N) is 1. The van der Waals surface area contributed by atoms with Crippen molar-refractivity contribution in [3.05, 3.63) is 35.0 Å². The quantitative estimate of drug-likeness (QED) is 0.916. The van der Waals surface area contributed by atoms with E-state index < -0.39 is 9.84 Å². The summed E-state index contributed by atoms with van der Waals surface area (Å²) in [5, 5.41) is 1.73. The van der Waals surface area contributed by atoms with Crippen LogP contribution < -0.4 is 5.73 Å². The third-order valence-corrected chi connectivity index (χ3v) is 4.20. The van der Waals surface area contributed by atoms with Crippen LogP contribution in [0.1, 0.15) is 5.56 Å². The molecule has 0 aliphatic heterocycles. The molecule has 0 radical (unpaired) electrons. The Labute approximate surface area is 118 Å². The van der Waals surface area contributed by atoms with Crippen LogP contribution in [0.4, 0.5) is 0 Å². The van der Waals surface area contributed by atoms with Crippen molar-refractivity contribution < 1.29 is 8.42 Å². The van der Waals surface area contributed by atoms with Gasteiger partial charge in [-0.2, -0.15) is 0 Å². The van der Waals surface area contributed by atoms with Gasteiger partial charge in [-0.05, 0) is 30.7 Å². The zero-order valence-corrected chi connectivity index (χ0v) is 12.3. The summed E-state index contributed by atoms with van der Waals surface area (Å²) in [6.07, 6.45) is 3.98. The molecule has 1 aromatic heterocycles. The number of sulfone groups is 1. The minimum Gasteiger partial charge on any atom is -0.346 e. The fraction of sp³-hybridized carbons (Fsp3) is 0.385. The lowest BCUT2D eigenvalue weighted by Gasteiger charge is -2.04. The molecule has 6 heteroatoms. The van der Waals surface area contributed by atoms with E-state index in [4.69, 9.17) is 17.3 Å². The maximum absolute atomic E-state index is 11.3. The predicted molar refractivity (Wildman–Crippen MR) is 79.4 cm³/mol. The molecule has 104 valence electrons. The Kier molecular flexibility index (Phi) is 4.18. The Hall–Kier alpha value is -1.04. The topological polar surface area (TPSA) is 65.1 Å². The van der Waals surface area contributed by atoms with Crippen molar-refractivity contribution in [2.24, 2.45) is 5.73 Å². The van der Waals surface area contributed by atoms with E-state index in [1.54, 1.807) is 0 Å². The van der Waals surface area contributed by atoms with Crippen molar-refractivity contribution >= 4 is 32.3 Å². The van der Waals surface area contributed by atoms with Crippen molar-refractivity contribution in [1.82, 2.24) is 4.57 Å². The summed E-state index contributed by atoms with van der Waals surface area (Å²) in [4.78, 5) is 0. The van der Waals surface area contributed by atoms with E-state index >= 15 is 0 Å². The lowest BCUT2D eigenvalue weighted by molar-refractivity contribution is 0.596. The van der Waals surface area contributed by atoms with Gasteiger partial charge in [0.25, 0.3) is 0 Å². The Morgan fingerprint density at radius 3 is 2.74 bits per heavy atom. The van der Waals surface area contributed by atoms with Gasteiger partial charge < -0.3 is 10.3 Å². The molecule has 0 bridgehead atoms. The summed E-state index contributed by atoms with van der Waals surface area (Å²) in [5.41, 5.74) is 7.69. The lowest BCUT2D eigenvalue weighted by atomic mass is 10.1. The number of hydrogen-bond acceptors (Lipinski definition) is 3. The van der Waals surface area contributed by atoms with E-state index in [0.29, 0.717) is 18.1 Å². The highest BCUT2D eigenvalue weighted by atomic mass is 35.5. The fourth-order valence-electron chi connectivity index (χ4n) is 2.15. The molecule has 0 aliphatic rings. The third-order valence-electron chi connectivity index (χ3n) is 3.04. The molecule has 1 heterocycles. The van der Waals surface area contributed by atoms with Gasteiger partial charge in [0.15, 0.2) is 0 Å². The van der Waals surface area contributed by atoms with Crippen molar-refractivity contribution in [3.63, 3.8) is 0 Å². The van der Waals surface area contributed by atoms with E-state index in [-0.39, 0.29) is 5.75 Å². The van der Waals surface area contributed by atoms with Crippen LogP contribution >= 0.6 is 11.6 Å². The zero-order chi connectivity index (χ0) is 14.0. The van der Waals surface area contributed by atoms with Gasteiger partial charge in [0, 0.05) is 34.9 Å². The lowest BCUT2D eigenvalue weighted by Crippen LogP contribution is -2.10. The monoisotopic (exact) mass is 300 g/mol. The SMILES string of the molecule is CS(=O)(=O)CCn1cc(CCN)c2ccc(Cl)cc21. The Morgan fingerprint density at radius 1 is 1.37 bits per heavy atom. The van der Waals surface area contributed by atoms with E-state index in [1.165, 1.54) is 6.26 Å². The molecule has 19 heavy (non-hydrogen) atoms. The van der Waals surface area contributed by atoms with Crippen LogP contribution in [0.5, 0.6) is 0 Å². The average molecular weight is 301 g/mol. The highest BCUT2D eigenvalue weighted by Crippen LogP contribution is 2.25. The van der Waals surface area contributed by atoms with Crippen molar-refractivity contribution in [2.75, 3.05) is 18.6 Å². The molecule has 1 aromatic carbocycles. The summed E-state index contributed by atoms with van der Waals surface area (Å²) in [7, 11) is -2.98. The standard InChI is InChI=1S/C13H17ClN2O2S/c1-19(17,18)7-6-16-9-10(4-5-15)12-3-2-11(14)8-13(12)16/h2-3,8-9H,4-7,15H2,1H3. The van der Waals surface area contributed by atoms with E-state index in [1.807, 2.05) is 29.0 Å². The van der Waals surface area contributed by atoms with Crippen LogP contribution in [0.2, 0.25) is 5.02 Å². The molecule has 0 spiro atoms. The van der Waals surface area contributed by atoms with Crippen molar-refractivity contribution in [3.8, 4) is 0 Å². The van der Waals surface area contributed by atoms with Gasteiger partial charge in [0.2, 0.25) is 0 Å². The van der Waals surface area contributed by atoms with Gasteiger partial charge in [-0.1, -0.05) is 17.7 Å². The number of fused-ring (bicyclic) bond motifs is 1. The Morgan fingerprint density at radius 2 is 2.11 bits per heavy atom. The summed E-state index contributed by atoms with van der Waals surface area (Å²) in [6.45, 7) is 0.994. The summed E-state index contributed by atoms with van der Waals surface area (Å²) >= 11 is 6.01. The number of halogens is 1. The minimum absolute atomic E-state index is 0.116. The predicted octanol–water partition coefficient (Wildman–Crippen LogP) is 1.84. The molecule has 0 aliphatic carbocycles. The van der Waals surface area contributed by atoms with Crippen LogP contribution in [0, 0.1) is 0 Å². The fourth-order valence-corrected chi connectivity index (χ4v) is 2.84. The smallest absolute Gasteiger partial charge is 0.149 e. The number of benzene rings is 1. The molecule has 2 rings (SSSR count). The van der Waals surface area contributed by atoms with Gasteiger partial charge in [0.1, 0.15) is 9.84 Å². The largest absolute Gasteiger partial charge is 0.346 e. The second-order valence-corrected chi connectivity index (χ2v) is 7.37. The first kappa shape index (κ1) is 14.4. The average Bonchev–Trinajstić information content (AvgIpc) is 2.64. The van der Waals surface area contributed by atoms with Crippen LogP contribution in [0.25, 0.3) is 10.9 Å². The molecule has 2 aromatic rings. The van der Waals surface area contributed by atoms with E-state index in [0.717, 1.165) is 22.9 Å². The molecule has 2 N–H and O–H groups in total. The molecule has 0 unspecified atom stereocenters. The van der Waals surface area contributed by atoms with Gasteiger partial charge in [0.05, 0.1) is 5.75 Å². The minimum atomic E-state index is -2.98. The highest BCUT2D eigenvalue weighted by molar-refractivity contribution is 7.90. The van der Waals surface area contributed by atoms with Gasteiger partial charge in [-0.15, -0.1) is 0 Å². The van der Waals surface area contributed by atoms with Crippen molar-refractivity contribution in [1.29, 1.82) is 0 Å². The number of rotatable bonds is 5. The molecule has 0 fully saturated rings. The van der Waals surface area contributed by atoms with Crippen LogP contribution in [-0.4, -0.2) is 31.5 Å².